The predicted molar refractivity (Wildman–Crippen MR) is 76.5 cm³/mol. The highest BCUT2D eigenvalue weighted by Crippen LogP contribution is 2.20. The first-order valence-corrected chi connectivity index (χ1v) is 7.09. The Morgan fingerprint density at radius 3 is 2.85 bits per heavy atom. The minimum absolute atomic E-state index is 0.00392. The molecule has 0 aliphatic carbocycles. The molecule has 20 heavy (non-hydrogen) atoms. The highest BCUT2D eigenvalue weighted by molar-refractivity contribution is 5.82. The number of likely N-dealkylation sites (tertiary alicyclic amines) is 1. The van der Waals surface area contributed by atoms with Crippen molar-refractivity contribution in [3.8, 4) is 0 Å². The third-order valence-corrected chi connectivity index (χ3v) is 3.71. The lowest BCUT2D eigenvalue weighted by molar-refractivity contribution is -0.126. The number of halogens is 1. The van der Waals surface area contributed by atoms with Crippen LogP contribution in [0.15, 0.2) is 24.3 Å². The zero-order valence-electron chi connectivity index (χ0n) is 11.8. The molecule has 0 radical (unpaired) electrons. The SMILES string of the molecule is C[C@@H](CN)NC(=O)C1CCCN1Cc1ccc(F)cc1. The van der Waals surface area contributed by atoms with Crippen molar-refractivity contribution in [1.29, 1.82) is 0 Å². The summed E-state index contributed by atoms with van der Waals surface area (Å²) in [7, 11) is 0. The summed E-state index contributed by atoms with van der Waals surface area (Å²) in [6, 6.07) is 6.34. The Morgan fingerprint density at radius 2 is 2.20 bits per heavy atom. The summed E-state index contributed by atoms with van der Waals surface area (Å²) in [4.78, 5) is 14.3. The van der Waals surface area contributed by atoms with Crippen LogP contribution in [0.5, 0.6) is 0 Å². The van der Waals surface area contributed by atoms with E-state index in [1.807, 2.05) is 6.92 Å². The smallest absolute Gasteiger partial charge is 0.237 e. The molecule has 5 heteroatoms. The molecule has 1 heterocycles. The van der Waals surface area contributed by atoms with Crippen LogP contribution in [0.1, 0.15) is 25.3 Å². The summed E-state index contributed by atoms with van der Waals surface area (Å²) >= 11 is 0. The van der Waals surface area contributed by atoms with Crippen LogP contribution in [0, 0.1) is 5.82 Å². The molecule has 1 aliphatic heterocycles. The Hall–Kier alpha value is -1.46. The Kier molecular flexibility index (Phi) is 5.09. The number of benzene rings is 1. The molecule has 0 spiro atoms. The molecule has 110 valence electrons. The van der Waals surface area contributed by atoms with E-state index in [-0.39, 0.29) is 23.8 Å². The summed E-state index contributed by atoms with van der Waals surface area (Å²) in [6.07, 6.45) is 1.88. The normalized spacial score (nSPS) is 20.9. The first-order chi connectivity index (χ1) is 9.60. The van der Waals surface area contributed by atoms with E-state index in [0.29, 0.717) is 13.1 Å². The van der Waals surface area contributed by atoms with E-state index in [1.165, 1.54) is 12.1 Å². The average Bonchev–Trinajstić information content (AvgIpc) is 2.89. The summed E-state index contributed by atoms with van der Waals surface area (Å²) in [6.45, 7) is 3.91. The van der Waals surface area contributed by atoms with E-state index < -0.39 is 0 Å². The van der Waals surface area contributed by atoms with Gasteiger partial charge in [-0.25, -0.2) is 4.39 Å². The molecule has 0 aromatic heterocycles. The maximum atomic E-state index is 12.9. The van der Waals surface area contributed by atoms with Crippen molar-refractivity contribution in [2.24, 2.45) is 5.73 Å². The summed E-state index contributed by atoms with van der Waals surface area (Å²) in [5.41, 5.74) is 6.55. The van der Waals surface area contributed by atoms with Gasteiger partial charge in [-0.05, 0) is 44.0 Å². The zero-order valence-corrected chi connectivity index (χ0v) is 11.8. The van der Waals surface area contributed by atoms with Crippen LogP contribution in [-0.4, -0.2) is 36.0 Å². The molecule has 1 unspecified atom stereocenters. The van der Waals surface area contributed by atoms with Crippen molar-refractivity contribution < 1.29 is 9.18 Å². The average molecular weight is 279 g/mol. The third-order valence-electron chi connectivity index (χ3n) is 3.71. The largest absolute Gasteiger partial charge is 0.351 e. The molecule has 0 bridgehead atoms. The summed E-state index contributed by atoms with van der Waals surface area (Å²) in [5, 5.41) is 2.93. The molecule has 2 atom stereocenters. The van der Waals surface area contributed by atoms with E-state index >= 15 is 0 Å². The second-order valence-corrected chi connectivity index (χ2v) is 5.40. The van der Waals surface area contributed by atoms with Gasteiger partial charge in [0.25, 0.3) is 0 Å². The number of nitrogens with zero attached hydrogens (tertiary/aromatic N) is 1. The van der Waals surface area contributed by atoms with Crippen LogP contribution in [0.4, 0.5) is 4.39 Å². The number of carbonyl (C=O) groups is 1. The zero-order chi connectivity index (χ0) is 14.5. The minimum atomic E-state index is -0.235. The Morgan fingerprint density at radius 1 is 1.50 bits per heavy atom. The Balaban J connectivity index is 1.96. The van der Waals surface area contributed by atoms with Gasteiger partial charge in [-0.3, -0.25) is 9.69 Å². The van der Waals surface area contributed by atoms with Crippen LogP contribution >= 0.6 is 0 Å². The third kappa shape index (κ3) is 3.77. The summed E-state index contributed by atoms with van der Waals surface area (Å²) < 4.78 is 12.9. The standard InChI is InChI=1S/C15H22FN3O/c1-11(9-17)18-15(20)14-3-2-8-19(14)10-12-4-6-13(16)7-5-12/h4-7,11,14H,2-3,8-10,17H2,1H3,(H,18,20)/t11-,14?/m0/s1. The van der Waals surface area contributed by atoms with Crippen molar-refractivity contribution in [1.82, 2.24) is 10.2 Å². The van der Waals surface area contributed by atoms with Crippen LogP contribution in [0.25, 0.3) is 0 Å². The predicted octanol–water partition coefficient (Wildman–Crippen LogP) is 1.25. The number of nitrogens with one attached hydrogen (secondary N) is 1. The van der Waals surface area contributed by atoms with Crippen LogP contribution < -0.4 is 11.1 Å². The molecular weight excluding hydrogens is 257 g/mol. The fraction of sp³-hybridized carbons (Fsp3) is 0.533. The molecule has 2 rings (SSSR count). The molecule has 1 saturated heterocycles. The fourth-order valence-electron chi connectivity index (χ4n) is 2.53. The first-order valence-electron chi connectivity index (χ1n) is 7.09. The molecule has 1 amide bonds. The maximum absolute atomic E-state index is 12.9. The van der Waals surface area contributed by atoms with Gasteiger partial charge in [-0.2, -0.15) is 0 Å². The minimum Gasteiger partial charge on any atom is -0.351 e. The van der Waals surface area contributed by atoms with Crippen molar-refractivity contribution in [3.05, 3.63) is 35.6 Å². The highest BCUT2D eigenvalue weighted by Gasteiger charge is 2.30. The van der Waals surface area contributed by atoms with Gasteiger partial charge in [-0.15, -0.1) is 0 Å². The van der Waals surface area contributed by atoms with Gasteiger partial charge >= 0.3 is 0 Å². The molecule has 1 aromatic carbocycles. The number of nitrogens with two attached hydrogens (primary N) is 1. The first kappa shape index (κ1) is 14.9. The van der Waals surface area contributed by atoms with Crippen molar-refractivity contribution in [2.45, 2.75) is 38.4 Å². The number of rotatable bonds is 5. The molecule has 3 N–H and O–H groups in total. The van der Waals surface area contributed by atoms with Crippen LogP contribution in [0.2, 0.25) is 0 Å². The van der Waals surface area contributed by atoms with E-state index in [4.69, 9.17) is 5.73 Å². The number of amides is 1. The monoisotopic (exact) mass is 279 g/mol. The van der Waals surface area contributed by atoms with Crippen LogP contribution in [-0.2, 0) is 11.3 Å². The van der Waals surface area contributed by atoms with E-state index in [9.17, 15) is 9.18 Å². The van der Waals surface area contributed by atoms with Gasteiger partial charge in [0.05, 0.1) is 6.04 Å². The lowest BCUT2D eigenvalue weighted by Crippen LogP contribution is -2.47. The van der Waals surface area contributed by atoms with Gasteiger partial charge in [0, 0.05) is 19.1 Å². The Bertz CT molecular complexity index is 449. The second kappa shape index (κ2) is 6.81. The fourth-order valence-corrected chi connectivity index (χ4v) is 2.53. The quantitative estimate of drug-likeness (QED) is 0.853. The van der Waals surface area contributed by atoms with E-state index in [2.05, 4.69) is 10.2 Å². The topological polar surface area (TPSA) is 58.4 Å². The number of hydrogen-bond donors (Lipinski definition) is 2. The van der Waals surface area contributed by atoms with Gasteiger partial charge in [0.15, 0.2) is 0 Å². The van der Waals surface area contributed by atoms with Gasteiger partial charge < -0.3 is 11.1 Å². The molecule has 1 aliphatic rings. The van der Waals surface area contributed by atoms with E-state index in [1.54, 1.807) is 12.1 Å². The number of carbonyl (C=O) groups excluding carboxylic acids is 1. The molecule has 1 fully saturated rings. The molecule has 4 nitrogen and oxygen atoms in total. The van der Waals surface area contributed by atoms with Gasteiger partial charge in [0.2, 0.25) is 5.91 Å². The molecule has 0 saturated carbocycles. The lowest BCUT2D eigenvalue weighted by atomic mass is 10.1. The molecule has 1 aromatic rings. The van der Waals surface area contributed by atoms with E-state index in [0.717, 1.165) is 24.9 Å². The Labute approximate surface area is 119 Å². The van der Waals surface area contributed by atoms with Crippen molar-refractivity contribution in [2.75, 3.05) is 13.1 Å². The van der Waals surface area contributed by atoms with Crippen LogP contribution in [0.3, 0.4) is 0 Å². The van der Waals surface area contributed by atoms with Gasteiger partial charge in [-0.1, -0.05) is 12.1 Å². The lowest BCUT2D eigenvalue weighted by Gasteiger charge is -2.25. The second-order valence-electron chi connectivity index (χ2n) is 5.40. The molecular formula is C15H22FN3O. The maximum Gasteiger partial charge on any atom is 0.237 e. The van der Waals surface area contributed by atoms with Crippen molar-refractivity contribution in [3.63, 3.8) is 0 Å². The number of hydrogen-bond acceptors (Lipinski definition) is 3. The van der Waals surface area contributed by atoms with Crippen molar-refractivity contribution >= 4 is 5.91 Å². The highest BCUT2D eigenvalue weighted by atomic mass is 19.1. The summed E-state index contributed by atoms with van der Waals surface area (Å²) in [5.74, 6) is -0.191. The van der Waals surface area contributed by atoms with Gasteiger partial charge in [0.1, 0.15) is 5.82 Å².